The van der Waals surface area contributed by atoms with Crippen molar-refractivity contribution in [2.24, 2.45) is 0 Å². The summed E-state index contributed by atoms with van der Waals surface area (Å²) in [6, 6.07) is 6.43. The molecule has 2 amide bonds. The fourth-order valence-electron chi connectivity index (χ4n) is 3.25. The highest BCUT2D eigenvalue weighted by atomic mass is 19.1. The molecular weight excluding hydrogens is 398 g/mol. The Balaban J connectivity index is 2.13. The zero-order chi connectivity index (χ0) is 22.0. The van der Waals surface area contributed by atoms with Crippen molar-refractivity contribution in [3.8, 4) is 0 Å². The van der Waals surface area contributed by atoms with Crippen LogP contribution in [-0.2, 0) is 9.53 Å². The number of hydrogen-bond acceptors (Lipinski definition) is 4. The summed E-state index contributed by atoms with van der Waals surface area (Å²) in [5, 5.41) is 11.6. The summed E-state index contributed by atoms with van der Waals surface area (Å²) in [5.74, 6) is -3.61. The highest BCUT2D eigenvalue weighted by Crippen LogP contribution is 2.35. The second kappa shape index (κ2) is 8.32. The number of aromatic carboxylic acids is 1. The standard InChI is InChI=1S/C21H18F2N2O5/c1-3-30-20(28)17-11(2)25(14-7-4-12(5-8-14)19(26)27)21(29)24-18(17)15-9-6-13(22)10-16(15)23/h4-10,18H,3H2,1-2H3,(H,24,29)(H,26,27)/t18-/m0/s1. The van der Waals surface area contributed by atoms with E-state index >= 15 is 0 Å². The van der Waals surface area contributed by atoms with Crippen molar-refractivity contribution in [1.29, 1.82) is 0 Å². The van der Waals surface area contributed by atoms with E-state index in [4.69, 9.17) is 9.84 Å². The lowest BCUT2D eigenvalue weighted by Gasteiger charge is -2.35. The molecule has 0 saturated heterocycles. The number of carboxylic acids is 1. The first kappa shape index (κ1) is 21.0. The summed E-state index contributed by atoms with van der Waals surface area (Å²) in [7, 11) is 0. The van der Waals surface area contributed by atoms with Gasteiger partial charge in [-0.25, -0.2) is 23.2 Å². The van der Waals surface area contributed by atoms with E-state index in [9.17, 15) is 23.2 Å². The van der Waals surface area contributed by atoms with E-state index in [1.807, 2.05) is 0 Å². The summed E-state index contributed by atoms with van der Waals surface area (Å²) in [4.78, 5) is 37.7. The second-order valence-corrected chi connectivity index (χ2v) is 6.46. The Kier molecular flexibility index (Phi) is 5.81. The van der Waals surface area contributed by atoms with Gasteiger partial charge >= 0.3 is 18.0 Å². The number of allylic oxidation sites excluding steroid dienone is 1. The fourth-order valence-corrected chi connectivity index (χ4v) is 3.25. The van der Waals surface area contributed by atoms with Crippen molar-refractivity contribution in [3.05, 3.63) is 76.5 Å². The van der Waals surface area contributed by atoms with Gasteiger partial charge in [-0.1, -0.05) is 6.07 Å². The summed E-state index contributed by atoms with van der Waals surface area (Å²) in [6.07, 6.45) is 0. The quantitative estimate of drug-likeness (QED) is 0.724. The molecule has 2 aromatic carbocycles. The molecule has 0 bridgehead atoms. The molecule has 2 aromatic rings. The zero-order valence-corrected chi connectivity index (χ0v) is 16.1. The number of anilines is 1. The van der Waals surface area contributed by atoms with Crippen LogP contribution < -0.4 is 10.2 Å². The number of carbonyl (C=O) groups is 3. The van der Waals surface area contributed by atoms with Crippen LogP contribution in [0.5, 0.6) is 0 Å². The molecule has 0 spiro atoms. The number of nitrogens with one attached hydrogen (secondary N) is 1. The van der Waals surface area contributed by atoms with E-state index in [2.05, 4.69) is 5.32 Å². The van der Waals surface area contributed by atoms with Crippen molar-refractivity contribution < 1.29 is 33.0 Å². The predicted molar refractivity (Wildman–Crippen MR) is 103 cm³/mol. The van der Waals surface area contributed by atoms with Crippen molar-refractivity contribution in [1.82, 2.24) is 5.32 Å². The van der Waals surface area contributed by atoms with Gasteiger partial charge in [0.2, 0.25) is 0 Å². The maximum Gasteiger partial charge on any atom is 0.338 e. The van der Waals surface area contributed by atoms with Crippen LogP contribution in [0.4, 0.5) is 19.3 Å². The maximum atomic E-state index is 14.4. The third kappa shape index (κ3) is 3.86. The number of amides is 2. The number of carboxylic acid groups (broad SMARTS) is 1. The monoisotopic (exact) mass is 416 g/mol. The number of esters is 1. The highest BCUT2D eigenvalue weighted by molar-refractivity contribution is 6.03. The van der Waals surface area contributed by atoms with Crippen LogP contribution in [0.3, 0.4) is 0 Å². The molecule has 0 unspecified atom stereocenters. The van der Waals surface area contributed by atoms with Crippen LogP contribution >= 0.6 is 0 Å². The Labute approximate surface area is 170 Å². The van der Waals surface area contributed by atoms with Gasteiger partial charge in [-0.2, -0.15) is 0 Å². The molecule has 156 valence electrons. The van der Waals surface area contributed by atoms with Gasteiger partial charge in [0.05, 0.1) is 29.5 Å². The van der Waals surface area contributed by atoms with Crippen LogP contribution in [0.15, 0.2) is 53.7 Å². The molecule has 7 nitrogen and oxygen atoms in total. The largest absolute Gasteiger partial charge is 0.478 e. The second-order valence-electron chi connectivity index (χ2n) is 6.46. The van der Waals surface area contributed by atoms with E-state index in [0.29, 0.717) is 11.8 Å². The van der Waals surface area contributed by atoms with Crippen LogP contribution in [0.25, 0.3) is 0 Å². The first-order chi connectivity index (χ1) is 14.2. The molecule has 9 heteroatoms. The smallest absolute Gasteiger partial charge is 0.338 e. The van der Waals surface area contributed by atoms with Crippen molar-refractivity contribution >= 4 is 23.7 Å². The number of ether oxygens (including phenoxy) is 1. The normalized spacial score (nSPS) is 16.3. The minimum Gasteiger partial charge on any atom is -0.478 e. The van der Waals surface area contributed by atoms with E-state index in [-0.39, 0.29) is 29.0 Å². The van der Waals surface area contributed by atoms with Gasteiger partial charge in [0.15, 0.2) is 0 Å². The van der Waals surface area contributed by atoms with E-state index in [1.54, 1.807) is 6.92 Å². The SMILES string of the molecule is CCOC(=O)C1=C(C)N(c2ccc(C(=O)O)cc2)C(=O)N[C@H]1c1ccc(F)cc1F. The van der Waals surface area contributed by atoms with Crippen molar-refractivity contribution in [3.63, 3.8) is 0 Å². The van der Waals surface area contributed by atoms with Gasteiger partial charge in [0, 0.05) is 17.3 Å². The Morgan fingerprint density at radius 1 is 1.17 bits per heavy atom. The van der Waals surface area contributed by atoms with Crippen LogP contribution in [0.1, 0.15) is 35.8 Å². The van der Waals surface area contributed by atoms with Gasteiger partial charge in [-0.3, -0.25) is 4.90 Å². The molecule has 0 fully saturated rings. The summed E-state index contributed by atoms with van der Waals surface area (Å²) in [6.45, 7) is 3.14. The molecule has 1 aliphatic rings. The molecule has 30 heavy (non-hydrogen) atoms. The van der Waals surface area contributed by atoms with Crippen molar-refractivity contribution in [2.75, 3.05) is 11.5 Å². The summed E-state index contributed by atoms with van der Waals surface area (Å²) >= 11 is 0. The molecule has 0 aromatic heterocycles. The number of urea groups is 1. The molecular formula is C21H18F2N2O5. The minimum absolute atomic E-state index is 0.0228. The minimum atomic E-state index is -1.19. The van der Waals surface area contributed by atoms with E-state index < -0.39 is 35.6 Å². The molecule has 0 radical (unpaired) electrons. The average Bonchev–Trinajstić information content (AvgIpc) is 2.68. The Bertz CT molecular complexity index is 1050. The molecule has 3 rings (SSSR count). The lowest BCUT2D eigenvalue weighted by atomic mass is 9.94. The first-order valence-corrected chi connectivity index (χ1v) is 9.01. The van der Waals surface area contributed by atoms with E-state index in [0.717, 1.165) is 17.0 Å². The Morgan fingerprint density at radius 2 is 1.83 bits per heavy atom. The maximum absolute atomic E-state index is 14.4. The fraction of sp³-hybridized carbons (Fsp3) is 0.190. The summed E-state index contributed by atoms with van der Waals surface area (Å²) < 4.78 is 32.8. The third-order valence-corrected chi connectivity index (χ3v) is 4.63. The van der Waals surface area contributed by atoms with Gasteiger partial charge in [-0.05, 0) is 44.2 Å². The predicted octanol–water partition coefficient (Wildman–Crippen LogP) is 3.77. The lowest BCUT2D eigenvalue weighted by molar-refractivity contribution is -0.139. The number of rotatable bonds is 5. The molecule has 0 aliphatic carbocycles. The number of halogens is 2. The Hall–Kier alpha value is -3.75. The molecule has 2 N–H and O–H groups in total. The highest BCUT2D eigenvalue weighted by Gasteiger charge is 2.38. The van der Waals surface area contributed by atoms with Crippen LogP contribution in [-0.4, -0.2) is 29.7 Å². The average molecular weight is 416 g/mol. The first-order valence-electron chi connectivity index (χ1n) is 9.01. The lowest BCUT2D eigenvalue weighted by Crippen LogP contribution is -2.48. The number of hydrogen-bond donors (Lipinski definition) is 2. The van der Waals surface area contributed by atoms with E-state index in [1.165, 1.54) is 31.2 Å². The topological polar surface area (TPSA) is 95.9 Å². The van der Waals surface area contributed by atoms with Gasteiger partial charge in [0.25, 0.3) is 0 Å². The van der Waals surface area contributed by atoms with Crippen LogP contribution in [0, 0.1) is 11.6 Å². The van der Waals surface area contributed by atoms with Gasteiger partial charge < -0.3 is 15.2 Å². The molecule has 1 atom stereocenters. The molecule has 1 heterocycles. The van der Waals surface area contributed by atoms with Crippen LogP contribution in [0.2, 0.25) is 0 Å². The molecule has 0 saturated carbocycles. The summed E-state index contributed by atoms with van der Waals surface area (Å²) in [5.41, 5.74) is 0.385. The number of nitrogens with zero attached hydrogens (tertiary/aromatic N) is 1. The van der Waals surface area contributed by atoms with Gasteiger partial charge in [-0.15, -0.1) is 0 Å². The Morgan fingerprint density at radius 3 is 2.40 bits per heavy atom. The van der Waals surface area contributed by atoms with Gasteiger partial charge in [0.1, 0.15) is 11.6 Å². The zero-order valence-electron chi connectivity index (χ0n) is 16.1. The number of benzene rings is 2. The number of carbonyl (C=O) groups excluding carboxylic acids is 2. The third-order valence-electron chi connectivity index (χ3n) is 4.63. The van der Waals surface area contributed by atoms with Crippen molar-refractivity contribution in [2.45, 2.75) is 19.9 Å². The molecule has 1 aliphatic heterocycles.